The van der Waals surface area contributed by atoms with Crippen LogP contribution in [0.3, 0.4) is 0 Å². The van der Waals surface area contributed by atoms with Gasteiger partial charge < -0.3 is 15.8 Å². The van der Waals surface area contributed by atoms with Crippen LogP contribution in [-0.2, 0) is 4.79 Å². The van der Waals surface area contributed by atoms with Gasteiger partial charge in [0.2, 0.25) is 5.91 Å². The highest BCUT2D eigenvalue weighted by Crippen LogP contribution is 2.28. The standard InChI is InChI=1S/C15H14Br2N2O2/c1-21-11-4-2-3-10(8-11)19-14(15(18)20)9-5-6-12(16)13(17)7-9/h2-8,14,19H,1H3,(H2,18,20). The molecule has 0 saturated carbocycles. The SMILES string of the molecule is COc1cccc(NC(C(N)=O)c2ccc(Br)c(Br)c2)c1. The number of halogens is 2. The maximum atomic E-state index is 11.8. The maximum absolute atomic E-state index is 11.8. The van der Waals surface area contributed by atoms with E-state index in [-0.39, 0.29) is 0 Å². The topological polar surface area (TPSA) is 64.3 Å². The van der Waals surface area contributed by atoms with Crippen molar-refractivity contribution < 1.29 is 9.53 Å². The largest absolute Gasteiger partial charge is 0.497 e. The Hall–Kier alpha value is -1.53. The van der Waals surface area contributed by atoms with Gasteiger partial charge in [-0.05, 0) is 61.7 Å². The van der Waals surface area contributed by atoms with Crippen LogP contribution in [0.15, 0.2) is 51.4 Å². The van der Waals surface area contributed by atoms with Crippen LogP contribution < -0.4 is 15.8 Å². The Balaban J connectivity index is 2.30. The summed E-state index contributed by atoms with van der Waals surface area (Å²) in [4.78, 5) is 11.8. The molecule has 0 fully saturated rings. The second-order valence-corrected chi connectivity index (χ2v) is 6.09. The molecule has 0 aromatic heterocycles. The van der Waals surface area contributed by atoms with Crippen LogP contribution in [0.1, 0.15) is 11.6 Å². The zero-order chi connectivity index (χ0) is 15.4. The third-order valence-electron chi connectivity index (χ3n) is 2.94. The third-order valence-corrected chi connectivity index (χ3v) is 4.82. The average Bonchev–Trinajstić information content (AvgIpc) is 2.47. The number of carbonyl (C=O) groups is 1. The van der Waals surface area contributed by atoms with E-state index in [9.17, 15) is 4.79 Å². The number of methoxy groups -OCH3 is 1. The van der Waals surface area contributed by atoms with Crippen LogP contribution in [0.25, 0.3) is 0 Å². The lowest BCUT2D eigenvalue weighted by molar-refractivity contribution is -0.118. The average molecular weight is 414 g/mol. The fraction of sp³-hybridized carbons (Fsp3) is 0.133. The lowest BCUT2D eigenvalue weighted by atomic mass is 10.1. The fourth-order valence-corrected chi connectivity index (χ4v) is 2.53. The zero-order valence-electron chi connectivity index (χ0n) is 11.3. The number of carbonyl (C=O) groups excluding carboxylic acids is 1. The first-order valence-corrected chi connectivity index (χ1v) is 7.74. The lowest BCUT2D eigenvalue weighted by Gasteiger charge is -2.18. The molecule has 0 aliphatic heterocycles. The molecule has 0 saturated heterocycles. The van der Waals surface area contributed by atoms with Crippen molar-refractivity contribution in [3.8, 4) is 5.75 Å². The van der Waals surface area contributed by atoms with E-state index < -0.39 is 11.9 Å². The number of hydrogen-bond donors (Lipinski definition) is 2. The number of nitrogens with two attached hydrogens (primary N) is 1. The molecule has 110 valence electrons. The molecule has 6 heteroatoms. The second kappa shape index (κ2) is 6.95. The first-order chi connectivity index (χ1) is 10.0. The molecule has 4 nitrogen and oxygen atoms in total. The molecule has 2 aromatic carbocycles. The van der Waals surface area contributed by atoms with Crippen molar-refractivity contribution in [1.29, 1.82) is 0 Å². The maximum Gasteiger partial charge on any atom is 0.244 e. The predicted molar refractivity (Wildman–Crippen MR) is 90.4 cm³/mol. The highest BCUT2D eigenvalue weighted by molar-refractivity contribution is 9.13. The summed E-state index contributed by atoms with van der Waals surface area (Å²) in [5.41, 5.74) is 7.05. The second-order valence-electron chi connectivity index (χ2n) is 4.39. The van der Waals surface area contributed by atoms with Crippen molar-refractivity contribution in [3.05, 3.63) is 57.0 Å². The van der Waals surface area contributed by atoms with Gasteiger partial charge in [0.05, 0.1) is 7.11 Å². The molecule has 21 heavy (non-hydrogen) atoms. The van der Waals surface area contributed by atoms with Crippen molar-refractivity contribution in [3.63, 3.8) is 0 Å². The fourth-order valence-electron chi connectivity index (χ4n) is 1.89. The number of primary amides is 1. The van der Waals surface area contributed by atoms with E-state index in [1.165, 1.54) is 0 Å². The summed E-state index contributed by atoms with van der Waals surface area (Å²) in [7, 11) is 1.59. The van der Waals surface area contributed by atoms with Crippen molar-refractivity contribution >= 4 is 43.5 Å². The quantitative estimate of drug-likeness (QED) is 0.782. The predicted octanol–water partition coefficient (Wildman–Crippen LogP) is 3.86. The molecule has 0 spiro atoms. The first kappa shape index (κ1) is 15.9. The van der Waals surface area contributed by atoms with Gasteiger partial charge in [-0.15, -0.1) is 0 Å². The summed E-state index contributed by atoms with van der Waals surface area (Å²) in [6.45, 7) is 0. The number of nitrogens with one attached hydrogen (secondary N) is 1. The van der Waals surface area contributed by atoms with Crippen LogP contribution >= 0.6 is 31.9 Å². The number of benzene rings is 2. The number of rotatable bonds is 5. The van der Waals surface area contributed by atoms with Gasteiger partial charge in [0.1, 0.15) is 11.8 Å². The van der Waals surface area contributed by atoms with Crippen molar-refractivity contribution in [2.45, 2.75) is 6.04 Å². The molecular formula is C15H14Br2N2O2. The summed E-state index contributed by atoms with van der Waals surface area (Å²) in [6, 6.07) is 12.3. The monoisotopic (exact) mass is 412 g/mol. The van der Waals surface area contributed by atoms with Crippen molar-refractivity contribution in [1.82, 2.24) is 0 Å². The zero-order valence-corrected chi connectivity index (χ0v) is 14.4. The molecule has 3 N–H and O–H groups in total. The minimum atomic E-state index is -0.624. The van der Waals surface area contributed by atoms with E-state index in [2.05, 4.69) is 37.2 Å². The van der Waals surface area contributed by atoms with Crippen LogP contribution in [0.5, 0.6) is 5.75 Å². The van der Waals surface area contributed by atoms with E-state index in [0.29, 0.717) is 5.75 Å². The smallest absolute Gasteiger partial charge is 0.244 e. The van der Waals surface area contributed by atoms with Gasteiger partial charge in [0.15, 0.2) is 0 Å². The normalized spacial score (nSPS) is 11.8. The minimum Gasteiger partial charge on any atom is -0.497 e. The number of hydrogen-bond acceptors (Lipinski definition) is 3. The molecular weight excluding hydrogens is 400 g/mol. The summed E-state index contributed by atoms with van der Waals surface area (Å²) >= 11 is 6.83. The lowest BCUT2D eigenvalue weighted by Crippen LogP contribution is -2.27. The summed E-state index contributed by atoms with van der Waals surface area (Å²) in [5, 5.41) is 3.13. The molecule has 0 bridgehead atoms. The van der Waals surface area contributed by atoms with Gasteiger partial charge >= 0.3 is 0 Å². The summed E-state index contributed by atoms with van der Waals surface area (Å²) in [5.74, 6) is 0.257. The Bertz CT molecular complexity index is 662. The Kier molecular flexibility index (Phi) is 5.25. The molecule has 1 unspecified atom stereocenters. The van der Waals surface area contributed by atoms with Gasteiger partial charge in [-0.2, -0.15) is 0 Å². The van der Waals surface area contributed by atoms with Gasteiger partial charge in [0.25, 0.3) is 0 Å². The van der Waals surface area contributed by atoms with Crippen LogP contribution in [0.4, 0.5) is 5.69 Å². The molecule has 1 atom stereocenters. The number of ether oxygens (including phenoxy) is 1. The molecule has 2 aromatic rings. The highest BCUT2D eigenvalue weighted by Gasteiger charge is 2.18. The van der Waals surface area contributed by atoms with E-state index in [1.54, 1.807) is 7.11 Å². The first-order valence-electron chi connectivity index (χ1n) is 6.16. The van der Waals surface area contributed by atoms with E-state index >= 15 is 0 Å². The molecule has 0 heterocycles. The molecule has 1 amide bonds. The molecule has 0 aliphatic rings. The highest BCUT2D eigenvalue weighted by atomic mass is 79.9. The summed E-state index contributed by atoms with van der Waals surface area (Å²) in [6.07, 6.45) is 0. The van der Waals surface area contributed by atoms with Crippen molar-refractivity contribution in [2.24, 2.45) is 5.73 Å². The van der Waals surface area contributed by atoms with Crippen LogP contribution in [-0.4, -0.2) is 13.0 Å². The van der Waals surface area contributed by atoms with Gasteiger partial charge in [0, 0.05) is 20.7 Å². The van der Waals surface area contributed by atoms with Crippen molar-refractivity contribution in [2.75, 3.05) is 12.4 Å². The van der Waals surface area contributed by atoms with Crippen LogP contribution in [0.2, 0.25) is 0 Å². The molecule has 0 radical (unpaired) electrons. The van der Waals surface area contributed by atoms with Gasteiger partial charge in [-0.1, -0.05) is 12.1 Å². The van der Waals surface area contributed by atoms with Gasteiger partial charge in [-0.25, -0.2) is 0 Å². The Morgan fingerprint density at radius 3 is 2.57 bits per heavy atom. The van der Waals surface area contributed by atoms with E-state index in [1.807, 2.05) is 42.5 Å². The Morgan fingerprint density at radius 1 is 1.19 bits per heavy atom. The molecule has 2 rings (SSSR count). The molecule has 0 aliphatic carbocycles. The Labute approximate surface area is 139 Å². The van der Waals surface area contributed by atoms with E-state index in [4.69, 9.17) is 10.5 Å². The number of amides is 1. The Morgan fingerprint density at radius 2 is 1.95 bits per heavy atom. The van der Waals surface area contributed by atoms with Gasteiger partial charge in [-0.3, -0.25) is 4.79 Å². The summed E-state index contributed by atoms with van der Waals surface area (Å²) < 4.78 is 6.94. The third kappa shape index (κ3) is 3.98. The number of anilines is 1. The van der Waals surface area contributed by atoms with Crippen LogP contribution in [0, 0.1) is 0 Å². The van der Waals surface area contributed by atoms with E-state index in [0.717, 1.165) is 20.2 Å². The minimum absolute atomic E-state index is 0.452.